The largest absolute Gasteiger partial charge is 0.464 e. The van der Waals surface area contributed by atoms with Crippen LogP contribution in [-0.4, -0.2) is 44.7 Å². The van der Waals surface area contributed by atoms with Crippen molar-refractivity contribution in [3.8, 4) is 0 Å². The van der Waals surface area contributed by atoms with Gasteiger partial charge in [-0.1, -0.05) is 44.2 Å². The van der Waals surface area contributed by atoms with Crippen molar-refractivity contribution in [3.63, 3.8) is 0 Å². The van der Waals surface area contributed by atoms with Gasteiger partial charge in [0.15, 0.2) is 5.54 Å². The molecule has 0 aliphatic carbocycles. The number of nitrogens with one attached hydrogen (secondary N) is 1. The van der Waals surface area contributed by atoms with Gasteiger partial charge in [0.05, 0.1) is 6.61 Å². The molecule has 0 saturated carbocycles. The van der Waals surface area contributed by atoms with Crippen molar-refractivity contribution in [2.24, 2.45) is 5.92 Å². The molecule has 0 saturated heterocycles. The molecule has 0 bridgehead atoms. The molecular weight excluding hydrogens is 264 g/mol. The molecule has 1 rings (SSSR count). The third-order valence-electron chi connectivity index (χ3n) is 3.50. The molecule has 1 aromatic carbocycles. The van der Waals surface area contributed by atoms with E-state index in [2.05, 4.69) is 24.1 Å². The van der Waals surface area contributed by atoms with E-state index in [4.69, 9.17) is 4.74 Å². The first-order valence-electron chi connectivity index (χ1n) is 7.56. The van der Waals surface area contributed by atoms with E-state index in [0.29, 0.717) is 19.1 Å². The van der Waals surface area contributed by atoms with E-state index in [1.165, 1.54) is 0 Å². The zero-order valence-electron chi connectivity index (χ0n) is 13.8. The summed E-state index contributed by atoms with van der Waals surface area (Å²) in [5.74, 6) is 0.317. The number of carbonyl (C=O) groups is 1. The second-order valence-corrected chi connectivity index (χ2v) is 5.83. The van der Waals surface area contributed by atoms with Crippen molar-refractivity contribution in [2.45, 2.75) is 26.3 Å². The predicted molar refractivity (Wildman–Crippen MR) is 86.1 cm³/mol. The highest BCUT2D eigenvalue weighted by Gasteiger charge is 2.41. The highest BCUT2D eigenvalue weighted by Crippen LogP contribution is 2.24. The monoisotopic (exact) mass is 292 g/mol. The van der Waals surface area contributed by atoms with Gasteiger partial charge in [0.1, 0.15) is 0 Å². The first kappa shape index (κ1) is 17.7. The Balaban J connectivity index is 3.11. The maximum Gasteiger partial charge on any atom is 0.332 e. The van der Waals surface area contributed by atoms with Crippen LogP contribution in [0, 0.1) is 5.92 Å². The molecule has 21 heavy (non-hydrogen) atoms. The highest BCUT2D eigenvalue weighted by molar-refractivity contribution is 5.83. The smallest absolute Gasteiger partial charge is 0.332 e. The van der Waals surface area contributed by atoms with E-state index >= 15 is 0 Å². The van der Waals surface area contributed by atoms with Crippen LogP contribution in [0.25, 0.3) is 0 Å². The Bertz CT molecular complexity index is 434. The van der Waals surface area contributed by atoms with Crippen LogP contribution < -0.4 is 5.32 Å². The third-order valence-corrected chi connectivity index (χ3v) is 3.50. The number of hydrogen-bond donors (Lipinski definition) is 1. The fraction of sp³-hybridized carbons (Fsp3) is 0.588. The molecule has 4 nitrogen and oxygen atoms in total. The molecular formula is C17H28N2O2. The van der Waals surface area contributed by atoms with Crippen molar-refractivity contribution in [3.05, 3.63) is 35.9 Å². The zero-order valence-corrected chi connectivity index (χ0v) is 13.8. The molecule has 1 aromatic rings. The lowest BCUT2D eigenvalue weighted by Gasteiger charge is -2.35. The lowest BCUT2D eigenvalue weighted by atomic mass is 9.89. The number of esters is 1. The number of rotatable bonds is 8. The van der Waals surface area contributed by atoms with Crippen molar-refractivity contribution in [1.82, 2.24) is 10.2 Å². The second kappa shape index (κ2) is 8.15. The van der Waals surface area contributed by atoms with Crippen molar-refractivity contribution in [2.75, 3.05) is 33.8 Å². The number of carbonyl (C=O) groups excluding carboxylic acids is 1. The van der Waals surface area contributed by atoms with Crippen molar-refractivity contribution < 1.29 is 9.53 Å². The molecule has 1 unspecified atom stereocenters. The highest BCUT2D eigenvalue weighted by atomic mass is 16.5. The summed E-state index contributed by atoms with van der Waals surface area (Å²) in [7, 11) is 3.85. The average Bonchev–Trinajstić information content (AvgIpc) is 2.45. The van der Waals surface area contributed by atoms with Crippen LogP contribution >= 0.6 is 0 Å². The normalized spacial score (nSPS) is 14.2. The summed E-state index contributed by atoms with van der Waals surface area (Å²) in [6.07, 6.45) is 0. The Labute approximate surface area is 128 Å². The van der Waals surface area contributed by atoms with Gasteiger partial charge >= 0.3 is 5.97 Å². The molecule has 0 fully saturated rings. The van der Waals surface area contributed by atoms with Gasteiger partial charge < -0.3 is 15.0 Å². The van der Waals surface area contributed by atoms with Crippen LogP contribution in [0.3, 0.4) is 0 Å². The lowest BCUT2D eigenvalue weighted by Crippen LogP contribution is -2.55. The van der Waals surface area contributed by atoms with E-state index in [0.717, 1.165) is 12.1 Å². The number of nitrogens with zero attached hydrogens (tertiary/aromatic N) is 1. The summed E-state index contributed by atoms with van der Waals surface area (Å²) in [4.78, 5) is 14.8. The number of ether oxygens (including phenoxy) is 1. The molecule has 4 heteroatoms. The summed E-state index contributed by atoms with van der Waals surface area (Å²) in [6, 6.07) is 9.78. The molecule has 0 spiro atoms. The first-order chi connectivity index (χ1) is 9.96. The topological polar surface area (TPSA) is 41.6 Å². The quantitative estimate of drug-likeness (QED) is 0.746. The van der Waals surface area contributed by atoms with Gasteiger partial charge in [0.2, 0.25) is 0 Å². The van der Waals surface area contributed by atoms with E-state index in [1.807, 2.05) is 51.4 Å². The Hall–Kier alpha value is -1.39. The molecule has 0 radical (unpaired) electrons. The van der Waals surface area contributed by atoms with Gasteiger partial charge in [-0.3, -0.25) is 0 Å². The standard InChI is InChI=1S/C17H28N2O2/c1-6-21-16(20)17(18-4,13-19(5)12-14(2)3)15-10-8-7-9-11-15/h7-11,14,18H,6,12-13H2,1-5H3. The van der Waals surface area contributed by atoms with Gasteiger partial charge in [0, 0.05) is 13.1 Å². The van der Waals surface area contributed by atoms with E-state index in [1.54, 1.807) is 0 Å². The van der Waals surface area contributed by atoms with Crippen molar-refractivity contribution >= 4 is 5.97 Å². The zero-order chi connectivity index (χ0) is 15.9. The summed E-state index contributed by atoms with van der Waals surface area (Å²) in [6.45, 7) is 8.05. The number of hydrogen-bond acceptors (Lipinski definition) is 4. The number of benzene rings is 1. The minimum absolute atomic E-state index is 0.227. The fourth-order valence-corrected chi connectivity index (χ4v) is 2.67. The molecule has 118 valence electrons. The summed E-state index contributed by atoms with van der Waals surface area (Å²) in [5, 5.41) is 3.20. The van der Waals surface area contributed by atoms with Crippen LogP contribution in [0.5, 0.6) is 0 Å². The fourth-order valence-electron chi connectivity index (χ4n) is 2.67. The minimum Gasteiger partial charge on any atom is -0.464 e. The van der Waals surface area contributed by atoms with E-state index in [9.17, 15) is 4.79 Å². The summed E-state index contributed by atoms with van der Waals surface area (Å²) in [5.41, 5.74) is 0.0996. The van der Waals surface area contributed by atoms with Crippen LogP contribution in [0.4, 0.5) is 0 Å². The maximum absolute atomic E-state index is 12.6. The SMILES string of the molecule is CCOC(=O)C(CN(C)CC(C)C)(NC)c1ccccc1. The Kier molecular flexibility index (Phi) is 6.85. The summed E-state index contributed by atoms with van der Waals surface area (Å²) >= 11 is 0. The second-order valence-electron chi connectivity index (χ2n) is 5.83. The van der Waals surface area contributed by atoms with E-state index in [-0.39, 0.29) is 5.97 Å². The molecule has 0 aromatic heterocycles. The third kappa shape index (κ3) is 4.55. The van der Waals surface area contributed by atoms with Gasteiger partial charge in [-0.2, -0.15) is 0 Å². The molecule has 1 N–H and O–H groups in total. The van der Waals surface area contributed by atoms with Crippen LogP contribution in [0.1, 0.15) is 26.3 Å². The first-order valence-corrected chi connectivity index (χ1v) is 7.56. The van der Waals surface area contributed by atoms with Gasteiger partial charge in [-0.25, -0.2) is 4.79 Å². The van der Waals surface area contributed by atoms with Gasteiger partial charge in [0.25, 0.3) is 0 Å². The summed E-state index contributed by atoms with van der Waals surface area (Å²) < 4.78 is 5.33. The molecule has 0 heterocycles. The van der Waals surface area contributed by atoms with Crippen LogP contribution in [0.15, 0.2) is 30.3 Å². The Morgan fingerprint density at radius 3 is 2.43 bits per heavy atom. The van der Waals surface area contributed by atoms with Gasteiger partial charge in [-0.05, 0) is 32.5 Å². The molecule has 0 amide bonds. The van der Waals surface area contributed by atoms with Crippen LogP contribution in [0.2, 0.25) is 0 Å². The average molecular weight is 292 g/mol. The predicted octanol–water partition coefficient (Wildman–Crippen LogP) is 2.25. The maximum atomic E-state index is 12.6. The van der Waals surface area contributed by atoms with Gasteiger partial charge in [-0.15, -0.1) is 0 Å². The van der Waals surface area contributed by atoms with Crippen LogP contribution in [-0.2, 0) is 15.1 Å². The molecule has 0 aliphatic rings. The Morgan fingerprint density at radius 2 is 1.95 bits per heavy atom. The molecule has 1 atom stereocenters. The Morgan fingerprint density at radius 1 is 1.33 bits per heavy atom. The minimum atomic E-state index is -0.832. The number of likely N-dealkylation sites (N-methyl/N-ethyl adjacent to an activating group) is 2. The van der Waals surface area contributed by atoms with Crippen molar-refractivity contribution in [1.29, 1.82) is 0 Å². The molecule has 0 aliphatic heterocycles. The van der Waals surface area contributed by atoms with E-state index < -0.39 is 5.54 Å². The lowest BCUT2D eigenvalue weighted by molar-refractivity contribution is -0.152.